The molecule has 1 heterocycles. The van der Waals surface area contributed by atoms with Crippen LogP contribution in [-0.4, -0.2) is 31.8 Å². The summed E-state index contributed by atoms with van der Waals surface area (Å²) in [4.78, 5) is 13.5. The van der Waals surface area contributed by atoms with Gasteiger partial charge in [0.25, 0.3) is 5.91 Å². The summed E-state index contributed by atoms with van der Waals surface area (Å²) in [5, 5.41) is 5.03. The summed E-state index contributed by atoms with van der Waals surface area (Å²) in [5.74, 6) is -1.21. The van der Waals surface area contributed by atoms with Gasteiger partial charge in [-0.25, -0.2) is 17.9 Å². The summed E-state index contributed by atoms with van der Waals surface area (Å²) in [6, 6.07) is 2.19. The Kier molecular flexibility index (Phi) is 4.17. The fraction of sp³-hybridized carbons (Fsp3) is 0.417. The quantitative estimate of drug-likeness (QED) is 0.869. The van der Waals surface area contributed by atoms with Crippen molar-refractivity contribution < 1.29 is 17.6 Å². The van der Waals surface area contributed by atoms with Crippen LogP contribution in [0.1, 0.15) is 30.1 Å². The van der Waals surface area contributed by atoms with E-state index in [4.69, 9.17) is 5.14 Å². The molecule has 1 atom stereocenters. The van der Waals surface area contributed by atoms with E-state index in [1.807, 2.05) is 6.92 Å². The highest BCUT2D eigenvalue weighted by atomic mass is 79.9. The molecule has 0 aromatic heterocycles. The van der Waals surface area contributed by atoms with Crippen molar-refractivity contribution in [1.29, 1.82) is 0 Å². The minimum absolute atomic E-state index is 0.0107. The average Bonchev–Trinajstić information content (AvgIpc) is 2.76. The van der Waals surface area contributed by atoms with Crippen LogP contribution in [0.5, 0.6) is 0 Å². The zero-order valence-electron chi connectivity index (χ0n) is 10.8. The summed E-state index contributed by atoms with van der Waals surface area (Å²) >= 11 is 2.84. The molecule has 1 aromatic rings. The third-order valence-electron chi connectivity index (χ3n) is 3.36. The molecular weight excluding hydrogens is 351 g/mol. The van der Waals surface area contributed by atoms with E-state index in [0.717, 1.165) is 25.0 Å². The first-order chi connectivity index (χ1) is 9.21. The third-order valence-corrected chi connectivity index (χ3v) is 5.37. The predicted molar refractivity (Wildman–Crippen MR) is 75.2 cm³/mol. The van der Waals surface area contributed by atoms with Crippen molar-refractivity contribution in [1.82, 2.24) is 4.90 Å². The molecule has 0 radical (unpaired) electrons. The van der Waals surface area contributed by atoms with Gasteiger partial charge < -0.3 is 4.90 Å². The van der Waals surface area contributed by atoms with Gasteiger partial charge in [0.05, 0.1) is 9.37 Å². The Labute approximate surface area is 125 Å². The molecule has 0 spiro atoms. The lowest BCUT2D eigenvalue weighted by molar-refractivity contribution is 0.0746. The Morgan fingerprint density at radius 1 is 1.50 bits per heavy atom. The van der Waals surface area contributed by atoms with Gasteiger partial charge >= 0.3 is 0 Å². The van der Waals surface area contributed by atoms with Crippen LogP contribution in [0.2, 0.25) is 0 Å². The maximum atomic E-state index is 13.8. The van der Waals surface area contributed by atoms with Gasteiger partial charge in [-0.15, -0.1) is 0 Å². The van der Waals surface area contributed by atoms with Crippen molar-refractivity contribution in [2.45, 2.75) is 30.7 Å². The minimum atomic E-state index is -4.11. The van der Waals surface area contributed by atoms with E-state index >= 15 is 0 Å². The van der Waals surface area contributed by atoms with Crippen LogP contribution < -0.4 is 5.14 Å². The van der Waals surface area contributed by atoms with Crippen LogP contribution in [-0.2, 0) is 10.0 Å². The van der Waals surface area contributed by atoms with Gasteiger partial charge in [0.2, 0.25) is 10.0 Å². The number of rotatable bonds is 2. The molecule has 1 unspecified atom stereocenters. The fourth-order valence-electron chi connectivity index (χ4n) is 2.30. The Bertz CT molecular complexity index is 663. The topological polar surface area (TPSA) is 80.5 Å². The van der Waals surface area contributed by atoms with Gasteiger partial charge in [0.15, 0.2) is 0 Å². The number of hydrogen-bond acceptors (Lipinski definition) is 3. The first kappa shape index (κ1) is 15.4. The molecule has 8 heteroatoms. The van der Waals surface area contributed by atoms with E-state index in [0.29, 0.717) is 6.54 Å². The molecule has 1 aliphatic heterocycles. The van der Waals surface area contributed by atoms with Crippen LogP contribution >= 0.6 is 15.9 Å². The molecular formula is C12H14BrFN2O3S. The number of carbonyl (C=O) groups is 1. The maximum Gasteiger partial charge on any atom is 0.254 e. The predicted octanol–water partition coefficient (Wildman–Crippen LogP) is 1.86. The number of nitrogens with two attached hydrogens (primary N) is 1. The standard InChI is InChI=1S/C12H14BrFN2O3S/c1-7-3-2-4-16(7)12(17)8-5-9(14)11(13)10(6-8)20(15,18)19/h5-7H,2-4H2,1H3,(H2,15,18,19). The average molecular weight is 365 g/mol. The lowest BCUT2D eigenvalue weighted by Crippen LogP contribution is -2.33. The highest BCUT2D eigenvalue weighted by Crippen LogP contribution is 2.28. The number of likely N-dealkylation sites (tertiary alicyclic amines) is 1. The molecule has 1 aromatic carbocycles. The second-order valence-electron chi connectivity index (χ2n) is 4.80. The maximum absolute atomic E-state index is 13.8. The Hall–Kier alpha value is -0.990. The fourth-order valence-corrected chi connectivity index (χ4v) is 3.84. The molecule has 0 aliphatic carbocycles. The monoisotopic (exact) mass is 364 g/mol. The largest absolute Gasteiger partial charge is 0.336 e. The van der Waals surface area contributed by atoms with Crippen LogP contribution in [0, 0.1) is 5.82 Å². The van der Waals surface area contributed by atoms with Gasteiger partial charge in [0.1, 0.15) is 5.82 Å². The second-order valence-corrected chi connectivity index (χ2v) is 7.13. The molecule has 0 saturated carbocycles. The van der Waals surface area contributed by atoms with Gasteiger partial charge in [-0.1, -0.05) is 0 Å². The van der Waals surface area contributed by atoms with Crippen LogP contribution in [0.25, 0.3) is 0 Å². The number of nitrogens with zero attached hydrogens (tertiary/aromatic N) is 1. The number of primary sulfonamides is 1. The van der Waals surface area contributed by atoms with Crippen LogP contribution in [0.4, 0.5) is 4.39 Å². The van der Waals surface area contributed by atoms with E-state index in [-0.39, 0.29) is 22.0 Å². The first-order valence-electron chi connectivity index (χ1n) is 6.04. The summed E-state index contributed by atoms with van der Waals surface area (Å²) < 4.78 is 36.4. The van der Waals surface area contributed by atoms with E-state index in [1.165, 1.54) is 0 Å². The molecule has 0 bridgehead atoms. The summed E-state index contributed by atoms with van der Waals surface area (Å²) in [5.41, 5.74) is -0.0107. The van der Waals surface area contributed by atoms with E-state index in [9.17, 15) is 17.6 Å². The molecule has 110 valence electrons. The SMILES string of the molecule is CC1CCCN1C(=O)c1cc(F)c(Br)c(S(N)(=O)=O)c1. The Balaban J connectivity index is 2.48. The van der Waals surface area contributed by atoms with Gasteiger partial charge in [-0.3, -0.25) is 4.79 Å². The highest BCUT2D eigenvalue weighted by molar-refractivity contribution is 9.10. The van der Waals surface area contributed by atoms with Crippen molar-refractivity contribution in [3.63, 3.8) is 0 Å². The van der Waals surface area contributed by atoms with Crippen molar-refractivity contribution in [3.8, 4) is 0 Å². The molecule has 1 amide bonds. The van der Waals surface area contributed by atoms with E-state index < -0.39 is 20.7 Å². The van der Waals surface area contributed by atoms with Crippen LogP contribution in [0.3, 0.4) is 0 Å². The molecule has 2 rings (SSSR count). The normalized spacial score (nSPS) is 19.4. The Morgan fingerprint density at radius 2 is 2.15 bits per heavy atom. The van der Waals surface area contributed by atoms with Crippen molar-refractivity contribution in [3.05, 3.63) is 28.0 Å². The van der Waals surface area contributed by atoms with Crippen molar-refractivity contribution in [2.75, 3.05) is 6.54 Å². The number of hydrogen-bond donors (Lipinski definition) is 1. The van der Waals surface area contributed by atoms with Gasteiger partial charge in [-0.05, 0) is 47.8 Å². The molecule has 1 saturated heterocycles. The smallest absolute Gasteiger partial charge is 0.254 e. The number of sulfonamides is 1. The Morgan fingerprint density at radius 3 is 2.65 bits per heavy atom. The summed E-state index contributed by atoms with van der Waals surface area (Å²) in [6.45, 7) is 2.49. The number of benzene rings is 1. The second kappa shape index (κ2) is 5.42. The highest BCUT2D eigenvalue weighted by Gasteiger charge is 2.28. The zero-order valence-corrected chi connectivity index (χ0v) is 13.2. The lowest BCUT2D eigenvalue weighted by Gasteiger charge is -2.21. The molecule has 1 aliphatic rings. The molecule has 1 fully saturated rings. The van der Waals surface area contributed by atoms with E-state index in [2.05, 4.69) is 15.9 Å². The molecule has 5 nitrogen and oxygen atoms in total. The first-order valence-corrected chi connectivity index (χ1v) is 8.38. The van der Waals surface area contributed by atoms with Gasteiger partial charge in [0, 0.05) is 18.2 Å². The summed E-state index contributed by atoms with van der Waals surface area (Å²) in [6.07, 6.45) is 1.76. The van der Waals surface area contributed by atoms with Crippen molar-refractivity contribution in [2.24, 2.45) is 5.14 Å². The lowest BCUT2D eigenvalue weighted by atomic mass is 10.1. The van der Waals surface area contributed by atoms with Crippen LogP contribution in [0.15, 0.2) is 21.5 Å². The number of halogens is 2. The van der Waals surface area contributed by atoms with Crippen molar-refractivity contribution >= 4 is 31.9 Å². The third kappa shape index (κ3) is 2.87. The van der Waals surface area contributed by atoms with E-state index in [1.54, 1.807) is 4.90 Å². The van der Waals surface area contributed by atoms with Gasteiger partial charge in [-0.2, -0.15) is 0 Å². The summed E-state index contributed by atoms with van der Waals surface area (Å²) in [7, 11) is -4.11. The molecule has 20 heavy (non-hydrogen) atoms. The minimum Gasteiger partial charge on any atom is -0.336 e. The zero-order chi connectivity index (χ0) is 15.1. The number of carbonyl (C=O) groups excluding carboxylic acids is 1. The molecule has 2 N–H and O–H groups in total. The number of amides is 1.